The van der Waals surface area contributed by atoms with Crippen LogP contribution in [0.3, 0.4) is 0 Å². The van der Waals surface area contributed by atoms with Crippen LogP contribution < -0.4 is 10.5 Å². The van der Waals surface area contributed by atoms with Crippen LogP contribution in [-0.4, -0.2) is 17.3 Å². The second-order valence-electron chi connectivity index (χ2n) is 4.75. The molecule has 1 aromatic carbocycles. The monoisotopic (exact) mass is 221 g/mol. The first-order valence-electron chi connectivity index (χ1n) is 5.80. The number of ether oxygens (including phenoxy) is 1. The summed E-state index contributed by atoms with van der Waals surface area (Å²) in [5, 5.41) is 10.1. The maximum absolute atomic E-state index is 10.1. The van der Waals surface area contributed by atoms with E-state index < -0.39 is 5.60 Å². The summed E-state index contributed by atoms with van der Waals surface area (Å²) < 4.78 is 5.67. The molecule has 0 spiro atoms. The van der Waals surface area contributed by atoms with Crippen molar-refractivity contribution >= 4 is 5.69 Å². The molecule has 0 bridgehead atoms. The number of anilines is 1. The molecule has 2 rings (SSSR count). The van der Waals surface area contributed by atoms with Crippen LogP contribution in [0.15, 0.2) is 18.2 Å². The third-order valence-electron chi connectivity index (χ3n) is 3.23. The topological polar surface area (TPSA) is 55.5 Å². The highest BCUT2D eigenvalue weighted by molar-refractivity contribution is 5.47. The Kier molecular flexibility index (Phi) is 3.06. The average molecular weight is 221 g/mol. The number of hydrogen-bond donors (Lipinski definition) is 2. The molecule has 0 unspecified atom stereocenters. The Hall–Kier alpha value is -1.22. The number of aliphatic hydroxyl groups is 1. The van der Waals surface area contributed by atoms with Crippen molar-refractivity contribution in [2.24, 2.45) is 0 Å². The standard InChI is InChI=1S/C13H19NO2/c1-10-8-11(14)4-5-12(10)16-9-13(15)6-2-3-7-13/h4-5,8,15H,2-3,6-7,9,14H2,1H3. The lowest BCUT2D eigenvalue weighted by Crippen LogP contribution is -2.32. The van der Waals surface area contributed by atoms with Crippen molar-refractivity contribution in [3.05, 3.63) is 23.8 Å². The molecule has 0 aromatic heterocycles. The molecular formula is C13H19NO2. The minimum absolute atomic E-state index is 0.387. The lowest BCUT2D eigenvalue weighted by Gasteiger charge is -2.22. The molecule has 3 heteroatoms. The zero-order valence-corrected chi connectivity index (χ0v) is 9.70. The highest BCUT2D eigenvalue weighted by Gasteiger charge is 2.31. The summed E-state index contributed by atoms with van der Waals surface area (Å²) in [5.74, 6) is 0.814. The van der Waals surface area contributed by atoms with Gasteiger partial charge in [0, 0.05) is 5.69 Å². The van der Waals surface area contributed by atoms with Gasteiger partial charge in [0.15, 0.2) is 0 Å². The van der Waals surface area contributed by atoms with Gasteiger partial charge in [-0.2, -0.15) is 0 Å². The van der Waals surface area contributed by atoms with Crippen molar-refractivity contribution in [1.29, 1.82) is 0 Å². The molecule has 3 N–H and O–H groups in total. The summed E-state index contributed by atoms with van der Waals surface area (Å²) in [7, 11) is 0. The molecule has 1 fully saturated rings. The van der Waals surface area contributed by atoms with E-state index in [1.807, 2.05) is 25.1 Å². The maximum atomic E-state index is 10.1. The van der Waals surface area contributed by atoms with Gasteiger partial charge in [-0.15, -0.1) is 0 Å². The van der Waals surface area contributed by atoms with Gasteiger partial charge in [0.25, 0.3) is 0 Å². The smallest absolute Gasteiger partial charge is 0.122 e. The van der Waals surface area contributed by atoms with Crippen LogP contribution in [0.4, 0.5) is 5.69 Å². The van der Waals surface area contributed by atoms with Gasteiger partial charge in [0.05, 0.1) is 5.60 Å². The molecule has 0 atom stereocenters. The highest BCUT2D eigenvalue weighted by Crippen LogP contribution is 2.30. The maximum Gasteiger partial charge on any atom is 0.122 e. The van der Waals surface area contributed by atoms with Crippen LogP contribution in [0.1, 0.15) is 31.2 Å². The third kappa shape index (κ3) is 2.47. The highest BCUT2D eigenvalue weighted by atomic mass is 16.5. The van der Waals surface area contributed by atoms with Gasteiger partial charge in [0.1, 0.15) is 12.4 Å². The molecule has 1 aliphatic rings. The Labute approximate surface area is 96.2 Å². The third-order valence-corrected chi connectivity index (χ3v) is 3.23. The zero-order chi connectivity index (χ0) is 11.6. The molecule has 0 aliphatic heterocycles. The van der Waals surface area contributed by atoms with E-state index >= 15 is 0 Å². The molecule has 0 saturated heterocycles. The first-order chi connectivity index (χ1) is 7.59. The number of nitrogens with two attached hydrogens (primary N) is 1. The average Bonchev–Trinajstić information content (AvgIpc) is 2.64. The van der Waals surface area contributed by atoms with Crippen LogP contribution >= 0.6 is 0 Å². The Balaban J connectivity index is 1.99. The van der Waals surface area contributed by atoms with E-state index in [4.69, 9.17) is 10.5 Å². The van der Waals surface area contributed by atoms with Crippen LogP contribution in [0.25, 0.3) is 0 Å². The van der Waals surface area contributed by atoms with E-state index in [-0.39, 0.29) is 0 Å². The van der Waals surface area contributed by atoms with E-state index in [0.29, 0.717) is 6.61 Å². The van der Waals surface area contributed by atoms with Crippen LogP contribution in [0, 0.1) is 6.92 Å². The fraction of sp³-hybridized carbons (Fsp3) is 0.538. The minimum atomic E-state index is -0.617. The predicted octanol–water partition coefficient (Wildman–Crippen LogP) is 2.26. The number of benzene rings is 1. The summed E-state index contributed by atoms with van der Waals surface area (Å²) in [6.45, 7) is 2.35. The fourth-order valence-corrected chi connectivity index (χ4v) is 2.22. The van der Waals surface area contributed by atoms with Gasteiger partial charge in [-0.05, 0) is 43.5 Å². The lowest BCUT2D eigenvalue weighted by molar-refractivity contribution is 0.00123. The molecule has 1 saturated carbocycles. The molecule has 0 amide bonds. The molecule has 0 heterocycles. The Morgan fingerprint density at radius 3 is 2.69 bits per heavy atom. The second kappa shape index (κ2) is 4.34. The number of nitrogen functional groups attached to an aromatic ring is 1. The molecule has 1 aliphatic carbocycles. The van der Waals surface area contributed by atoms with E-state index in [1.165, 1.54) is 0 Å². The zero-order valence-electron chi connectivity index (χ0n) is 9.70. The molecule has 0 radical (unpaired) electrons. The van der Waals surface area contributed by atoms with Crippen molar-refractivity contribution in [2.75, 3.05) is 12.3 Å². The van der Waals surface area contributed by atoms with E-state index in [0.717, 1.165) is 42.7 Å². The van der Waals surface area contributed by atoms with Gasteiger partial charge in [-0.25, -0.2) is 0 Å². The van der Waals surface area contributed by atoms with Crippen molar-refractivity contribution in [2.45, 2.75) is 38.2 Å². The first kappa shape index (κ1) is 11.3. The van der Waals surface area contributed by atoms with Crippen LogP contribution in [0.2, 0.25) is 0 Å². The van der Waals surface area contributed by atoms with E-state index in [2.05, 4.69) is 0 Å². The second-order valence-corrected chi connectivity index (χ2v) is 4.75. The van der Waals surface area contributed by atoms with E-state index in [1.54, 1.807) is 0 Å². The summed E-state index contributed by atoms with van der Waals surface area (Å²) >= 11 is 0. The van der Waals surface area contributed by atoms with E-state index in [9.17, 15) is 5.11 Å². The van der Waals surface area contributed by atoms with Crippen molar-refractivity contribution < 1.29 is 9.84 Å². The Bertz CT molecular complexity index is 370. The minimum Gasteiger partial charge on any atom is -0.490 e. The number of hydrogen-bond acceptors (Lipinski definition) is 3. The largest absolute Gasteiger partial charge is 0.490 e. The van der Waals surface area contributed by atoms with Crippen molar-refractivity contribution in [3.8, 4) is 5.75 Å². The van der Waals surface area contributed by atoms with Crippen molar-refractivity contribution in [1.82, 2.24) is 0 Å². The molecular weight excluding hydrogens is 202 g/mol. The summed E-state index contributed by atoms with van der Waals surface area (Å²) in [6.07, 6.45) is 3.89. The fourth-order valence-electron chi connectivity index (χ4n) is 2.22. The molecule has 3 nitrogen and oxygen atoms in total. The first-order valence-corrected chi connectivity index (χ1v) is 5.80. The normalized spacial score (nSPS) is 18.6. The molecule has 16 heavy (non-hydrogen) atoms. The molecule has 88 valence electrons. The summed E-state index contributed by atoms with van der Waals surface area (Å²) in [5.41, 5.74) is 6.81. The summed E-state index contributed by atoms with van der Waals surface area (Å²) in [4.78, 5) is 0. The SMILES string of the molecule is Cc1cc(N)ccc1OCC1(O)CCCC1. The molecule has 1 aromatic rings. The summed E-state index contributed by atoms with van der Waals surface area (Å²) in [6, 6.07) is 5.57. The van der Waals surface area contributed by atoms with Gasteiger partial charge >= 0.3 is 0 Å². The van der Waals surface area contributed by atoms with Gasteiger partial charge in [-0.1, -0.05) is 12.8 Å². The van der Waals surface area contributed by atoms with Crippen molar-refractivity contribution in [3.63, 3.8) is 0 Å². The van der Waals surface area contributed by atoms with Crippen LogP contribution in [-0.2, 0) is 0 Å². The van der Waals surface area contributed by atoms with Gasteiger partial charge in [-0.3, -0.25) is 0 Å². The Morgan fingerprint density at radius 1 is 1.38 bits per heavy atom. The Morgan fingerprint density at radius 2 is 2.06 bits per heavy atom. The quantitative estimate of drug-likeness (QED) is 0.770. The number of rotatable bonds is 3. The van der Waals surface area contributed by atoms with Crippen LogP contribution in [0.5, 0.6) is 5.75 Å². The lowest BCUT2D eigenvalue weighted by atomic mass is 10.0. The number of aryl methyl sites for hydroxylation is 1. The predicted molar refractivity (Wildman–Crippen MR) is 64.5 cm³/mol. The van der Waals surface area contributed by atoms with Gasteiger partial charge in [0.2, 0.25) is 0 Å². The van der Waals surface area contributed by atoms with Gasteiger partial charge < -0.3 is 15.6 Å².